The quantitative estimate of drug-likeness (QED) is 0.0233. The van der Waals surface area contributed by atoms with Crippen LogP contribution in [0.5, 0.6) is 0 Å². The summed E-state index contributed by atoms with van der Waals surface area (Å²) in [7, 11) is -4.63. The molecule has 0 saturated carbocycles. The summed E-state index contributed by atoms with van der Waals surface area (Å²) < 4.78 is 33.4. The van der Waals surface area contributed by atoms with E-state index in [1.165, 1.54) is 89.9 Å². The Bertz CT molecular complexity index is 1250. The number of hydrogen-bond donors (Lipinski definition) is 3. The van der Waals surface area contributed by atoms with Crippen molar-refractivity contribution in [2.75, 3.05) is 26.4 Å². The van der Waals surface area contributed by atoms with E-state index >= 15 is 0 Å². The average Bonchev–Trinajstić information content (AvgIpc) is 3.24. The number of aliphatic carboxylic acids is 1. The van der Waals surface area contributed by atoms with Crippen molar-refractivity contribution in [3.63, 3.8) is 0 Å². The third-order valence-corrected chi connectivity index (χ3v) is 10.9. The Kier molecular flexibility index (Phi) is 43.5. The lowest BCUT2D eigenvalue weighted by Crippen LogP contribution is -2.34. The van der Waals surface area contributed by atoms with Gasteiger partial charge in [-0.2, -0.15) is 0 Å². The number of carboxylic acid groups (broad SMARTS) is 1. The second kappa shape index (κ2) is 45.4. The zero-order valence-corrected chi connectivity index (χ0v) is 39.4. The third-order valence-electron chi connectivity index (χ3n) is 9.97. The number of nitrogens with two attached hydrogens (primary N) is 1. The first-order valence-corrected chi connectivity index (χ1v) is 25.5. The molecule has 0 aliphatic carbocycles. The molecule has 0 rings (SSSR count). The van der Waals surface area contributed by atoms with Crippen LogP contribution in [-0.4, -0.2) is 60.5 Å². The van der Waals surface area contributed by atoms with Gasteiger partial charge in [0.05, 0.1) is 19.8 Å². The van der Waals surface area contributed by atoms with Crippen LogP contribution in [0.3, 0.4) is 0 Å². The predicted molar refractivity (Wildman–Crippen MR) is 254 cm³/mol. The van der Waals surface area contributed by atoms with Crippen LogP contribution in [0.25, 0.3) is 0 Å². The Morgan fingerprint density at radius 1 is 0.541 bits per heavy atom. The Labute approximate surface area is 372 Å². The number of carbonyl (C=O) groups is 2. The summed E-state index contributed by atoms with van der Waals surface area (Å²) in [5, 5.41) is 8.91. The highest BCUT2D eigenvalue weighted by Crippen LogP contribution is 2.43. The predicted octanol–water partition coefficient (Wildman–Crippen LogP) is 13.8. The van der Waals surface area contributed by atoms with Gasteiger partial charge in [-0.15, -0.1) is 0 Å². The lowest BCUT2D eigenvalue weighted by atomic mass is 10.0. The third kappa shape index (κ3) is 45.3. The number of rotatable bonds is 45. The molecule has 3 unspecified atom stereocenters. The van der Waals surface area contributed by atoms with Gasteiger partial charge in [0.15, 0.2) is 0 Å². The maximum atomic E-state index is 12.7. The zero-order chi connectivity index (χ0) is 44.8. The summed E-state index contributed by atoms with van der Waals surface area (Å²) in [5.74, 6) is -1.80. The first kappa shape index (κ1) is 58.4. The zero-order valence-electron chi connectivity index (χ0n) is 38.5. The van der Waals surface area contributed by atoms with E-state index in [1.807, 2.05) is 0 Å². The maximum Gasteiger partial charge on any atom is 0.472 e. The van der Waals surface area contributed by atoms with Gasteiger partial charge >= 0.3 is 19.8 Å². The first-order chi connectivity index (χ1) is 29.7. The summed E-state index contributed by atoms with van der Waals surface area (Å²) >= 11 is 0. The highest BCUT2D eigenvalue weighted by Gasteiger charge is 2.27. The van der Waals surface area contributed by atoms with E-state index in [2.05, 4.69) is 86.8 Å². The van der Waals surface area contributed by atoms with Crippen LogP contribution in [0.15, 0.2) is 72.9 Å². The number of carboxylic acids is 1. The number of hydrogen-bond acceptors (Lipinski definition) is 8. The van der Waals surface area contributed by atoms with Gasteiger partial charge in [0, 0.05) is 13.0 Å². The number of esters is 1. The van der Waals surface area contributed by atoms with Crippen molar-refractivity contribution < 1.29 is 42.7 Å². The molecule has 0 fully saturated rings. The number of phosphoric acid groups is 1. The summed E-state index contributed by atoms with van der Waals surface area (Å²) in [6, 6.07) is -1.48. The molecule has 0 amide bonds. The molecular formula is C50H88NO9P. The number of unbranched alkanes of at least 4 members (excludes halogenated alkanes) is 19. The molecule has 0 aromatic rings. The van der Waals surface area contributed by atoms with E-state index in [0.29, 0.717) is 13.0 Å². The molecular weight excluding hydrogens is 790 g/mol. The van der Waals surface area contributed by atoms with Crippen molar-refractivity contribution in [1.82, 2.24) is 0 Å². The van der Waals surface area contributed by atoms with E-state index in [0.717, 1.165) is 77.0 Å². The van der Waals surface area contributed by atoms with E-state index in [4.69, 9.17) is 29.4 Å². The lowest BCUT2D eigenvalue weighted by molar-refractivity contribution is -0.154. The van der Waals surface area contributed by atoms with Gasteiger partial charge in [0.25, 0.3) is 0 Å². The molecule has 0 radical (unpaired) electrons. The molecule has 0 aliphatic heterocycles. The van der Waals surface area contributed by atoms with Gasteiger partial charge in [-0.1, -0.05) is 177 Å². The van der Waals surface area contributed by atoms with Crippen LogP contribution >= 0.6 is 7.82 Å². The minimum absolute atomic E-state index is 0.00842. The van der Waals surface area contributed by atoms with Gasteiger partial charge in [-0.05, 0) is 83.5 Å². The molecule has 0 spiro atoms. The van der Waals surface area contributed by atoms with Gasteiger partial charge < -0.3 is 25.2 Å². The SMILES string of the molecule is CC/C=C\C/C=C\C/C=C\C/C=C\CCCCCOCC(COP(=O)(O)OCC(N)C(=O)O)OC(=O)CCCCCCCCCCCCC/C=C\C/C=C\CCCCCCC. The molecule has 61 heavy (non-hydrogen) atoms. The van der Waals surface area contributed by atoms with Crippen molar-refractivity contribution in [3.05, 3.63) is 72.9 Å². The summed E-state index contributed by atoms with van der Waals surface area (Å²) in [4.78, 5) is 33.6. The Balaban J connectivity index is 4.21. The molecule has 0 aromatic heterocycles. The van der Waals surface area contributed by atoms with Crippen LogP contribution in [0.4, 0.5) is 0 Å². The fourth-order valence-electron chi connectivity index (χ4n) is 6.27. The van der Waals surface area contributed by atoms with E-state index in [-0.39, 0.29) is 13.0 Å². The van der Waals surface area contributed by atoms with Gasteiger partial charge in [-0.25, -0.2) is 4.57 Å². The molecule has 0 aliphatic rings. The van der Waals surface area contributed by atoms with E-state index in [1.54, 1.807) is 0 Å². The smallest absolute Gasteiger partial charge is 0.472 e. The lowest BCUT2D eigenvalue weighted by Gasteiger charge is -2.20. The second-order valence-electron chi connectivity index (χ2n) is 15.9. The number of allylic oxidation sites excluding steroid dienone is 12. The molecule has 0 aromatic carbocycles. The number of phosphoric ester groups is 1. The molecule has 11 heteroatoms. The fraction of sp³-hybridized carbons (Fsp3) is 0.720. The highest BCUT2D eigenvalue weighted by atomic mass is 31.2. The van der Waals surface area contributed by atoms with Gasteiger partial charge in [-0.3, -0.25) is 18.6 Å². The van der Waals surface area contributed by atoms with Crippen molar-refractivity contribution >= 4 is 19.8 Å². The Morgan fingerprint density at radius 3 is 1.43 bits per heavy atom. The minimum Gasteiger partial charge on any atom is -0.480 e. The van der Waals surface area contributed by atoms with E-state index in [9.17, 15) is 19.0 Å². The van der Waals surface area contributed by atoms with Gasteiger partial charge in [0.2, 0.25) is 0 Å². The van der Waals surface area contributed by atoms with Crippen LogP contribution in [0.2, 0.25) is 0 Å². The molecule has 352 valence electrons. The van der Waals surface area contributed by atoms with Crippen LogP contribution < -0.4 is 5.73 Å². The molecule has 0 saturated heterocycles. The van der Waals surface area contributed by atoms with Crippen LogP contribution in [0.1, 0.15) is 194 Å². The fourth-order valence-corrected chi connectivity index (χ4v) is 7.05. The van der Waals surface area contributed by atoms with Crippen molar-refractivity contribution in [3.8, 4) is 0 Å². The first-order valence-electron chi connectivity index (χ1n) is 24.0. The monoisotopic (exact) mass is 878 g/mol. The molecule has 10 nitrogen and oxygen atoms in total. The van der Waals surface area contributed by atoms with Crippen molar-refractivity contribution in [2.45, 2.75) is 206 Å². The summed E-state index contributed by atoms with van der Waals surface area (Å²) in [6.07, 6.45) is 56.7. The molecule has 0 bridgehead atoms. The van der Waals surface area contributed by atoms with Crippen LogP contribution in [0, 0.1) is 0 Å². The minimum atomic E-state index is -4.63. The highest BCUT2D eigenvalue weighted by molar-refractivity contribution is 7.47. The van der Waals surface area contributed by atoms with Crippen molar-refractivity contribution in [1.29, 1.82) is 0 Å². The second-order valence-corrected chi connectivity index (χ2v) is 17.3. The van der Waals surface area contributed by atoms with Crippen molar-refractivity contribution in [2.24, 2.45) is 5.73 Å². The van der Waals surface area contributed by atoms with E-state index < -0.39 is 45.1 Å². The molecule has 4 N–H and O–H groups in total. The number of ether oxygens (including phenoxy) is 2. The average molecular weight is 878 g/mol. The number of carbonyl (C=O) groups excluding carboxylic acids is 1. The summed E-state index contributed by atoms with van der Waals surface area (Å²) in [6.45, 7) is 3.68. The normalized spacial score (nSPS) is 14.4. The molecule has 3 atom stereocenters. The largest absolute Gasteiger partial charge is 0.480 e. The Hall–Kier alpha value is -2.59. The van der Waals surface area contributed by atoms with Gasteiger partial charge in [0.1, 0.15) is 12.1 Å². The standard InChI is InChI=1S/C50H88NO9P/c1-3-5-7-9-11-13-15-17-19-21-22-23-24-25-26-27-28-30-32-34-36-38-40-42-49(52)60-47(45-58-61(55,56)59-46-48(51)50(53)54)44-57-43-41-39-37-35-33-31-29-20-18-16-14-12-10-8-6-4-2/h6,8,12,14-15,17-18,20-22,31,33,47-48H,3-5,7,9-11,13,16,19,23-30,32,34-46,51H2,1-2H3,(H,53,54)(H,55,56)/b8-6-,14-12-,17-15-,20-18-,22-21-,33-31-. The topological polar surface area (TPSA) is 155 Å². The Morgan fingerprint density at radius 2 is 0.951 bits per heavy atom. The summed E-state index contributed by atoms with van der Waals surface area (Å²) in [5.41, 5.74) is 5.36. The maximum absolute atomic E-state index is 12.7. The van der Waals surface area contributed by atoms with Crippen LogP contribution in [-0.2, 0) is 32.7 Å². The molecule has 0 heterocycles.